The number of aliphatic hydroxyl groups excluding tert-OH is 3. The van der Waals surface area contributed by atoms with Crippen molar-refractivity contribution in [3.8, 4) is 0 Å². The second-order valence-corrected chi connectivity index (χ2v) is 16.4. The highest BCUT2D eigenvalue weighted by atomic mass is 32.2. The first kappa shape index (κ1) is 39.6. The summed E-state index contributed by atoms with van der Waals surface area (Å²) in [5.41, 5.74) is 3.24. The second kappa shape index (κ2) is 16.2. The van der Waals surface area contributed by atoms with E-state index in [-0.39, 0.29) is 23.3 Å². The van der Waals surface area contributed by atoms with Crippen LogP contribution in [-0.2, 0) is 14.8 Å². The van der Waals surface area contributed by atoms with E-state index >= 15 is 0 Å². The van der Waals surface area contributed by atoms with E-state index in [0.29, 0.717) is 54.7 Å². The number of nitrogens with one attached hydrogen (secondary N) is 4. The molecule has 0 spiro atoms. The topological polar surface area (TPSA) is 270 Å². The smallest absolute Gasteiger partial charge is 0.325 e. The van der Waals surface area contributed by atoms with Crippen LogP contribution in [0.15, 0.2) is 96.2 Å². The Kier molecular flexibility index (Phi) is 10.9. The van der Waals surface area contributed by atoms with Crippen molar-refractivity contribution < 1.29 is 38.1 Å². The van der Waals surface area contributed by atoms with Gasteiger partial charge in [0.15, 0.2) is 17.0 Å². The largest absolute Gasteiger partial charge is 0.394 e. The summed E-state index contributed by atoms with van der Waals surface area (Å²) in [6.07, 6.45) is -0.908. The van der Waals surface area contributed by atoms with E-state index in [1.165, 1.54) is 30.6 Å². The number of aliphatic hydroxyl groups is 3. The maximum Gasteiger partial charge on any atom is 0.325 e. The predicted octanol–water partition coefficient (Wildman–Crippen LogP) is 1.07. The molecule has 1 unspecified atom stereocenters. The van der Waals surface area contributed by atoms with Crippen LogP contribution < -0.4 is 31.3 Å². The number of urea groups is 2. The highest BCUT2D eigenvalue weighted by Gasteiger charge is 2.52. The summed E-state index contributed by atoms with van der Waals surface area (Å²) in [6.45, 7) is 0.606. The van der Waals surface area contributed by atoms with Gasteiger partial charge in [0, 0.05) is 37.3 Å². The summed E-state index contributed by atoms with van der Waals surface area (Å²) in [6, 6.07) is 20.9. The van der Waals surface area contributed by atoms with Gasteiger partial charge < -0.3 is 46.1 Å². The van der Waals surface area contributed by atoms with Gasteiger partial charge in [0.2, 0.25) is 16.0 Å². The highest BCUT2D eigenvalue weighted by Crippen LogP contribution is 2.38. The lowest BCUT2D eigenvalue weighted by Gasteiger charge is -2.24. The molecule has 0 radical (unpaired) electrons. The van der Waals surface area contributed by atoms with Gasteiger partial charge in [-0.2, -0.15) is 9.97 Å². The summed E-state index contributed by atoms with van der Waals surface area (Å²) in [5.74, 6) is -0.0620. The van der Waals surface area contributed by atoms with Crippen LogP contribution in [0.5, 0.6) is 0 Å². The fourth-order valence-electron chi connectivity index (χ4n) is 8.05. The Morgan fingerprint density at radius 3 is 2.22 bits per heavy atom. The summed E-state index contributed by atoms with van der Waals surface area (Å²) in [5, 5.41) is 48.9. The van der Waals surface area contributed by atoms with Gasteiger partial charge in [-0.25, -0.2) is 28.1 Å². The molecule has 308 valence electrons. The summed E-state index contributed by atoms with van der Waals surface area (Å²) in [7, 11) is -3.89. The molecule has 9 N–H and O–H groups in total. The molecule has 6 atom stereocenters. The van der Waals surface area contributed by atoms with Crippen molar-refractivity contribution in [2.75, 3.05) is 41.8 Å². The molecule has 19 nitrogen and oxygen atoms in total. The molecule has 1 aliphatic carbocycles. The SMILES string of the molecule is NS(=O)(=O)c1ccc(NC(=O)N[C@@H]2CCN(c3nc(NCC(c4ccccc4)c4ccccc4)c4ncn([C@@H]5C[C@H](N6C(=O)NC(CO)C6=O)[C@@H](O)[C@H]5O)c4n3)C2)cc1. The first-order chi connectivity index (χ1) is 28.4. The number of sulfonamides is 1. The maximum absolute atomic E-state index is 13.0. The molecule has 2 aromatic heterocycles. The van der Waals surface area contributed by atoms with Gasteiger partial charge in [-0.3, -0.25) is 9.69 Å². The molecule has 5 amide bonds. The number of carbonyl (C=O) groups excluding carboxylic acids is 3. The van der Waals surface area contributed by atoms with Gasteiger partial charge in [-0.15, -0.1) is 0 Å². The molecular formula is C39H43N11O8S. The van der Waals surface area contributed by atoms with Crippen LogP contribution in [0.1, 0.15) is 35.9 Å². The number of nitrogens with zero attached hydrogens (tertiary/aromatic N) is 6. The Balaban J connectivity index is 1.08. The maximum atomic E-state index is 13.0. The van der Waals surface area contributed by atoms with E-state index in [4.69, 9.17) is 15.1 Å². The molecule has 1 saturated carbocycles. The fraction of sp³-hybridized carbons (Fsp3) is 0.333. The normalized spacial score (nSPS) is 23.3. The Morgan fingerprint density at radius 1 is 0.932 bits per heavy atom. The summed E-state index contributed by atoms with van der Waals surface area (Å²) >= 11 is 0. The van der Waals surface area contributed by atoms with Gasteiger partial charge in [0.05, 0.1) is 29.9 Å². The van der Waals surface area contributed by atoms with E-state index in [2.05, 4.69) is 50.5 Å². The number of aromatic nitrogens is 4. The molecular weight excluding hydrogens is 783 g/mol. The quantitative estimate of drug-likeness (QED) is 0.0820. The first-order valence-corrected chi connectivity index (χ1v) is 20.6. The number of primary sulfonamides is 1. The zero-order chi connectivity index (χ0) is 41.4. The second-order valence-electron chi connectivity index (χ2n) is 14.8. The Labute approximate surface area is 338 Å². The van der Waals surface area contributed by atoms with Crippen molar-refractivity contribution in [1.29, 1.82) is 0 Å². The third kappa shape index (κ3) is 7.99. The first-order valence-electron chi connectivity index (χ1n) is 19.0. The molecule has 20 heteroatoms. The zero-order valence-electron chi connectivity index (χ0n) is 31.5. The van der Waals surface area contributed by atoms with Crippen LogP contribution in [0.2, 0.25) is 0 Å². The third-order valence-corrected chi connectivity index (χ3v) is 12.0. The number of hydrogen-bond donors (Lipinski definition) is 8. The molecule has 8 rings (SSSR count). The summed E-state index contributed by atoms with van der Waals surface area (Å²) < 4.78 is 24.9. The molecule has 2 aliphatic heterocycles. The predicted molar refractivity (Wildman–Crippen MR) is 215 cm³/mol. The lowest BCUT2D eigenvalue weighted by Crippen LogP contribution is -2.47. The van der Waals surface area contributed by atoms with Crippen molar-refractivity contribution in [3.63, 3.8) is 0 Å². The molecule has 4 heterocycles. The molecule has 59 heavy (non-hydrogen) atoms. The number of amides is 5. The average Bonchev–Trinajstić information content (AvgIpc) is 4.00. The van der Waals surface area contributed by atoms with Crippen LogP contribution in [0, 0.1) is 0 Å². The third-order valence-electron chi connectivity index (χ3n) is 11.1. The van der Waals surface area contributed by atoms with Crippen molar-refractivity contribution in [2.45, 2.75) is 60.0 Å². The number of benzene rings is 3. The van der Waals surface area contributed by atoms with Gasteiger partial charge >= 0.3 is 12.1 Å². The molecule has 3 aromatic carbocycles. The van der Waals surface area contributed by atoms with E-state index in [1.54, 1.807) is 4.57 Å². The van der Waals surface area contributed by atoms with Crippen molar-refractivity contribution in [3.05, 3.63) is 102 Å². The van der Waals surface area contributed by atoms with Crippen molar-refractivity contribution in [1.82, 2.24) is 35.1 Å². The van der Waals surface area contributed by atoms with E-state index < -0.39 is 64.9 Å². The van der Waals surface area contributed by atoms with Crippen molar-refractivity contribution >= 4 is 56.6 Å². The molecule has 3 aliphatic rings. The number of nitrogens with two attached hydrogens (primary N) is 1. The lowest BCUT2D eigenvalue weighted by atomic mass is 9.91. The number of imide groups is 1. The lowest BCUT2D eigenvalue weighted by molar-refractivity contribution is -0.131. The monoisotopic (exact) mass is 825 g/mol. The number of imidazole rings is 1. The van der Waals surface area contributed by atoms with Gasteiger partial charge in [0.25, 0.3) is 5.91 Å². The van der Waals surface area contributed by atoms with Crippen LogP contribution in [0.3, 0.4) is 0 Å². The number of rotatable bonds is 12. The Morgan fingerprint density at radius 2 is 1.59 bits per heavy atom. The van der Waals surface area contributed by atoms with Gasteiger partial charge in [-0.05, 0) is 48.2 Å². The Hall–Kier alpha value is -6.19. The standard InChI is InChI=1S/C39H43N11O8S/c40-59(57,58)26-13-11-24(12-14-26)43-38(55)44-25-15-16-48(19-25)37-46-34(41-18-27(22-7-3-1-4-8-22)23-9-5-2-6-10-23)31-35(47-37)49(21-42-31)29-17-30(33(53)32(29)52)50-36(54)28(20-51)45-39(50)56/h1-14,21,25,27-30,32-33,51-53H,15-20H2,(H,45,56)(H2,40,57,58)(H,41,46,47)(H2,43,44,55)/t25-,28?,29-,30+,32+,33-/m1/s1. The fourth-order valence-corrected chi connectivity index (χ4v) is 8.57. The van der Waals surface area contributed by atoms with Gasteiger partial charge in [-0.1, -0.05) is 60.7 Å². The van der Waals surface area contributed by atoms with Crippen molar-refractivity contribution in [2.24, 2.45) is 5.14 Å². The van der Waals surface area contributed by atoms with Crippen LogP contribution >= 0.6 is 0 Å². The van der Waals surface area contributed by atoms with E-state index in [9.17, 15) is 38.1 Å². The zero-order valence-corrected chi connectivity index (χ0v) is 32.3. The van der Waals surface area contributed by atoms with E-state index in [1.807, 2.05) is 41.3 Å². The van der Waals surface area contributed by atoms with Crippen LogP contribution in [0.4, 0.5) is 27.0 Å². The minimum absolute atomic E-state index is 0.0210. The molecule has 2 saturated heterocycles. The summed E-state index contributed by atoms with van der Waals surface area (Å²) in [4.78, 5) is 55.9. The number of anilines is 3. The molecule has 3 fully saturated rings. The minimum Gasteiger partial charge on any atom is -0.394 e. The van der Waals surface area contributed by atoms with Crippen LogP contribution in [0.25, 0.3) is 11.2 Å². The van der Waals surface area contributed by atoms with Gasteiger partial charge in [0.1, 0.15) is 18.2 Å². The van der Waals surface area contributed by atoms with E-state index in [0.717, 1.165) is 16.0 Å². The molecule has 5 aromatic rings. The average molecular weight is 826 g/mol. The number of hydrogen-bond acceptors (Lipinski definition) is 13. The molecule has 0 bridgehead atoms. The highest BCUT2D eigenvalue weighted by molar-refractivity contribution is 7.89. The van der Waals surface area contributed by atoms with Crippen LogP contribution in [-0.4, -0.2) is 123 Å². The minimum atomic E-state index is -3.89. The Bertz CT molecular complexity index is 2420. The number of carbonyl (C=O) groups is 3. The number of fused-ring (bicyclic) bond motifs is 1.